The Bertz CT molecular complexity index is 565. The van der Waals surface area contributed by atoms with E-state index in [9.17, 15) is 9.59 Å². The molecule has 3 N–H and O–H groups in total. The average molecular weight is 304 g/mol. The van der Waals surface area contributed by atoms with Crippen molar-refractivity contribution in [1.29, 1.82) is 0 Å². The maximum Gasteiger partial charge on any atom is 0.323 e. The molecule has 1 aliphatic heterocycles. The second-order valence-electron chi connectivity index (χ2n) is 5.84. The van der Waals surface area contributed by atoms with Gasteiger partial charge in [-0.3, -0.25) is 19.9 Å². The Morgan fingerprint density at radius 1 is 1.18 bits per heavy atom. The second kappa shape index (κ2) is 6.89. The number of nitrogens with two attached hydrogens (primary N) is 1. The molecule has 0 spiro atoms. The van der Waals surface area contributed by atoms with Crippen molar-refractivity contribution in [2.24, 2.45) is 5.84 Å². The molecule has 1 atom stereocenters. The van der Waals surface area contributed by atoms with Crippen molar-refractivity contribution in [3.8, 4) is 0 Å². The first kappa shape index (κ1) is 16.5. The summed E-state index contributed by atoms with van der Waals surface area (Å²) in [6.45, 7) is 8.99. The number of nitrogens with one attached hydrogen (secondary N) is 1. The standard InChI is InChI=1S/C16H24N4O2/c1-11-4-5-14(12(2)10-11)13(3)19-6-8-20(9-7-19)16(22)15(21)18-17/h4-5,10,13H,6-9,17H2,1-3H3,(H,18,21). The summed E-state index contributed by atoms with van der Waals surface area (Å²) in [5, 5.41) is 0. The van der Waals surface area contributed by atoms with Crippen molar-refractivity contribution in [2.45, 2.75) is 26.8 Å². The summed E-state index contributed by atoms with van der Waals surface area (Å²) < 4.78 is 0. The minimum atomic E-state index is -0.754. The highest BCUT2D eigenvalue weighted by Crippen LogP contribution is 2.25. The number of benzene rings is 1. The van der Waals surface area contributed by atoms with Gasteiger partial charge in [-0.05, 0) is 31.9 Å². The first-order valence-electron chi connectivity index (χ1n) is 7.55. The van der Waals surface area contributed by atoms with Crippen molar-refractivity contribution in [3.05, 3.63) is 34.9 Å². The lowest BCUT2D eigenvalue weighted by molar-refractivity contribution is -0.147. The van der Waals surface area contributed by atoms with E-state index in [-0.39, 0.29) is 0 Å². The summed E-state index contributed by atoms with van der Waals surface area (Å²) in [6, 6.07) is 6.79. The third kappa shape index (κ3) is 3.45. The van der Waals surface area contributed by atoms with Gasteiger partial charge >= 0.3 is 11.8 Å². The smallest absolute Gasteiger partial charge is 0.323 e. The number of rotatable bonds is 2. The number of hydrogen-bond donors (Lipinski definition) is 2. The predicted molar refractivity (Wildman–Crippen MR) is 84.8 cm³/mol. The Balaban J connectivity index is 1.99. The Morgan fingerprint density at radius 3 is 2.36 bits per heavy atom. The highest BCUT2D eigenvalue weighted by Gasteiger charge is 2.28. The van der Waals surface area contributed by atoms with E-state index in [4.69, 9.17) is 5.84 Å². The molecule has 1 fully saturated rings. The SMILES string of the molecule is Cc1ccc(C(C)N2CCN(C(=O)C(=O)NN)CC2)c(C)c1. The van der Waals surface area contributed by atoms with Crippen LogP contribution in [0.15, 0.2) is 18.2 Å². The van der Waals surface area contributed by atoms with Crippen molar-refractivity contribution in [2.75, 3.05) is 26.2 Å². The zero-order valence-corrected chi connectivity index (χ0v) is 13.4. The number of nitrogens with zero attached hydrogens (tertiary/aromatic N) is 2. The maximum atomic E-state index is 11.8. The van der Waals surface area contributed by atoms with Crippen LogP contribution < -0.4 is 11.3 Å². The first-order valence-corrected chi connectivity index (χ1v) is 7.55. The molecule has 6 nitrogen and oxygen atoms in total. The number of amides is 2. The van der Waals surface area contributed by atoms with Gasteiger partial charge in [0.2, 0.25) is 0 Å². The van der Waals surface area contributed by atoms with E-state index in [1.165, 1.54) is 16.7 Å². The van der Waals surface area contributed by atoms with E-state index in [2.05, 4.69) is 43.9 Å². The number of piperazine rings is 1. The van der Waals surface area contributed by atoms with Crippen LogP contribution in [-0.4, -0.2) is 47.8 Å². The Labute approximate surface area is 131 Å². The van der Waals surface area contributed by atoms with Crippen molar-refractivity contribution >= 4 is 11.8 Å². The van der Waals surface area contributed by atoms with E-state index < -0.39 is 11.8 Å². The molecular formula is C16H24N4O2. The Morgan fingerprint density at radius 2 is 1.82 bits per heavy atom. The molecule has 0 saturated carbocycles. The van der Waals surface area contributed by atoms with Gasteiger partial charge in [-0.2, -0.15) is 0 Å². The second-order valence-corrected chi connectivity index (χ2v) is 5.84. The Hall–Kier alpha value is -1.92. The molecule has 6 heteroatoms. The molecule has 0 aromatic heterocycles. The molecular weight excluding hydrogens is 280 g/mol. The van der Waals surface area contributed by atoms with E-state index in [0.29, 0.717) is 19.1 Å². The normalized spacial score (nSPS) is 17.2. The highest BCUT2D eigenvalue weighted by atomic mass is 16.2. The molecule has 1 saturated heterocycles. The summed E-state index contributed by atoms with van der Waals surface area (Å²) in [5.41, 5.74) is 5.75. The summed E-state index contributed by atoms with van der Waals surface area (Å²) in [7, 11) is 0. The zero-order valence-electron chi connectivity index (χ0n) is 13.4. The van der Waals surface area contributed by atoms with Gasteiger partial charge in [0.05, 0.1) is 0 Å². The fourth-order valence-corrected chi connectivity index (χ4v) is 3.01. The lowest BCUT2D eigenvalue weighted by atomic mass is 9.99. The largest absolute Gasteiger partial charge is 0.332 e. The molecule has 1 aliphatic rings. The fraction of sp³-hybridized carbons (Fsp3) is 0.500. The number of aryl methyl sites for hydroxylation is 2. The summed E-state index contributed by atoms with van der Waals surface area (Å²) in [4.78, 5) is 27.0. The molecule has 120 valence electrons. The number of hydrazine groups is 1. The molecule has 2 amide bonds. The maximum absolute atomic E-state index is 11.8. The van der Waals surface area contributed by atoms with E-state index >= 15 is 0 Å². The van der Waals surface area contributed by atoms with E-state index in [1.807, 2.05) is 5.43 Å². The van der Waals surface area contributed by atoms with Gasteiger partial charge in [-0.1, -0.05) is 23.8 Å². The van der Waals surface area contributed by atoms with Crippen LogP contribution in [0.25, 0.3) is 0 Å². The van der Waals surface area contributed by atoms with Crippen LogP contribution in [0.3, 0.4) is 0 Å². The monoisotopic (exact) mass is 304 g/mol. The number of carbonyl (C=O) groups is 2. The molecule has 1 unspecified atom stereocenters. The van der Waals surface area contributed by atoms with E-state index in [0.717, 1.165) is 13.1 Å². The number of hydrogen-bond acceptors (Lipinski definition) is 4. The summed E-state index contributed by atoms with van der Waals surface area (Å²) in [6.07, 6.45) is 0. The fourth-order valence-electron chi connectivity index (χ4n) is 3.01. The van der Waals surface area contributed by atoms with E-state index in [1.54, 1.807) is 4.90 Å². The summed E-state index contributed by atoms with van der Waals surface area (Å²) in [5.74, 6) is 3.69. The predicted octanol–water partition coefficient (Wildman–Crippen LogP) is 0.499. The molecule has 2 rings (SSSR count). The van der Waals surface area contributed by atoms with Crippen LogP contribution in [0.1, 0.15) is 29.7 Å². The quantitative estimate of drug-likeness (QED) is 0.361. The molecule has 1 heterocycles. The highest BCUT2D eigenvalue weighted by molar-refractivity contribution is 6.34. The van der Waals surface area contributed by atoms with Gasteiger partial charge in [-0.15, -0.1) is 0 Å². The number of carbonyl (C=O) groups excluding carboxylic acids is 2. The van der Waals surface area contributed by atoms with Crippen LogP contribution in [0.5, 0.6) is 0 Å². The van der Waals surface area contributed by atoms with Gasteiger partial charge < -0.3 is 4.90 Å². The van der Waals surface area contributed by atoms with Gasteiger partial charge in [0.25, 0.3) is 0 Å². The van der Waals surface area contributed by atoms with Crippen LogP contribution in [0.2, 0.25) is 0 Å². The molecule has 22 heavy (non-hydrogen) atoms. The minimum absolute atomic E-state index is 0.293. The minimum Gasteiger partial charge on any atom is -0.332 e. The van der Waals surface area contributed by atoms with Crippen LogP contribution in [-0.2, 0) is 9.59 Å². The molecule has 0 radical (unpaired) electrons. The van der Waals surface area contributed by atoms with Gasteiger partial charge in [0, 0.05) is 32.2 Å². The molecule has 1 aromatic rings. The van der Waals surface area contributed by atoms with Crippen LogP contribution in [0.4, 0.5) is 0 Å². The van der Waals surface area contributed by atoms with Crippen molar-refractivity contribution in [3.63, 3.8) is 0 Å². The molecule has 0 aliphatic carbocycles. The lowest BCUT2D eigenvalue weighted by Gasteiger charge is -2.38. The average Bonchev–Trinajstić information content (AvgIpc) is 2.53. The van der Waals surface area contributed by atoms with Gasteiger partial charge in [0.1, 0.15) is 0 Å². The van der Waals surface area contributed by atoms with Crippen LogP contribution >= 0.6 is 0 Å². The van der Waals surface area contributed by atoms with Gasteiger partial charge in [0.15, 0.2) is 0 Å². The lowest BCUT2D eigenvalue weighted by Crippen LogP contribution is -2.53. The topological polar surface area (TPSA) is 78.7 Å². The molecule has 1 aromatic carbocycles. The van der Waals surface area contributed by atoms with Crippen molar-refractivity contribution < 1.29 is 9.59 Å². The summed E-state index contributed by atoms with van der Waals surface area (Å²) >= 11 is 0. The molecule has 0 bridgehead atoms. The first-order chi connectivity index (χ1) is 10.4. The third-order valence-electron chi connectivity index (χ3n) is 4.35. The van der Waals surface area contributed by atoms with Crippen molar-refractivity contribution in [1.82, 2.24) is 15.2 Å². The van der Waals surface area contributed by atoms with Crippen LogP contribution in [0, 0.1) is 13.8 Å². The zero-order chi connectivity index (χ0) is 16.3. The third-order valence-corrected chi connectivity index (χ3v) is 4.35. The van der Waals surface area contributed by atoms with Gasteiger partial charge in [-0.25, -0.2) is 5.84 Å². The Kier molecular flexibility index (Phi) is 5.15.